The van der Waals surface area contributed by atoms with Gasteiger partial charge in [-0.1, -0.05) is 12.1 Å². The maximum Gasteiger partial charge on any atom is 0.257 e. The molecule has 2 aromatic carbocycles. The first-order chi connectivity index (χ1) is 12.8. The smallest absolute Gasteiger partial charge is 0.257 e. The molecule has 3 aromatic rings. The van der Waals surface area contributed by atoms with Gasteiger partial charge in [0.1, 0.15) is 0 Å². The van der Waals surface area contributed by atoms with Crippen LogP contribution in [0.25, 0.3) is 11.3 Å². The highest BCUT2D eigenvalue weighted by atomic mass is 32.2. The molecular formula is C18H18N4O3S2. The summed E-state index contributed by atoms with van der Waals surface area (Å²) in [5, 5.41) is 5.02. The zero-order valence-electron chi connectivity index (χ0n) is 14.7. The van der Waals surface area contributed by atoms with Crippen molar-refractivity contribution < 1.29 is 13.2 Å². The number of sulfonamides is 1. The summed E-state index contributed by atoms with van der Waals surface area (Å²) in [5.74, 6) is -0.359. The van der Waals surface area contributed by atoms with Gasteiger partial charge in [-0.3, -0.25) is 10.1 Å². The lowest BCUT2D eigenvalue weighted by Gasteiger charge is -2.11. The van der Waals surface area contributed by atoms with Crippen molar-refractivity contribution in [3.8, 4) is 11.3 Å². The molecule has 1 amide bonds. The maximum atomic E-state index is 12.4. The second-order valence-corrected chi connectivity index (χ2v) is 8.94. The quantitative estimate of drug-likeness (QED) is 0.639. The van der Waals surface area contributed by atoms with Crippen LogP contribution in [0.1, 0.15) is 10.4 Å². The Morgan fingerprint density at radius 1 is 1.07 bits per heavy atom. The predicted octanol–water partition coefficient (Wildman–Crippen LogP) is 2.89. The third-order valence-electron chi connectivity index (χ3n) is 3.83. The number of anilines is 2. The molecule has 0 aliphatic carbocycles. The number of rotatable bonds is 5. The Morgan fingerprint density at radius 3 is 2.30 bits per heavy atom. The van der Waals surface area contributed by atoms with Crippen molar-refractivity contribution in [2.75, 3.05) is 25.1 Å². The number of nitrogen functional groups attached to an aromatic ring is 1. The van der Waals surface area contributed by atoms with Crippen LogP contribution in [-0.2, 0) is 10.0 Å². The molecule has 0 spiro atoms. The van der Waals surface area contributed by atoms with E-state index in [-0.39, 0.29) is 10.8 Å². The Labute approximate surface area is 161 Å². The van der Waals surface area contributed by atoms with Crippen molar-refractivity contribution in [1.82, 2.24) is 9.29 Å². The van der Waals surface area contributed by atoms with E-state index in [9.17, 15) is 13.2 Å². The Morgan fingerprint density at radius 2 is 1.70 bits per heavy atom. The van der Waals surface area contributed by atoms with Gasteiger partial charge in [0, 0.05) is 36.3 Å². The number of thiazole rings is 1. The number of benzene rings is 2. The molecule has 1 aromatic heterocycles. The van der Waals surface area contributed by atoms with Crippen molar-refractivity contribution in [2.45, 2.75) is 4.90 Å². The lowest BCUT2D eigenvalue weighted by atomic mass is 10.1. The SMILES string of the molecule is CN(C)S(=O)(=O)c1ccc(C(=O)Nc2nc(-c3ccc(N)cc3)cs2)cc1. The molecule has 3 rings (SSSR count). The Kier molecular flexibility index (Phi) is 5.26. The number of nitrogens with two attached hydrogens (primary N) is 1. The lowest BCUT2D eigenvalue weighted by molar-refractivity contribution is 0.102. The number of carbonyl (C=O) groups excluding carboxylic acids is 1. The molecule has 3 N–H and O–H groups in total. The van der Waals surface area contributed by atoms with Crippen LogP contribution in [-0.4, -0.2) is 37.7 Å². The van der Waals surface area contributed by atoms with Crippen molar-refractivity contribution in [1.29, 1.82) is 0 Å². The highest BCUT2D eigenvalue weighted by Crippen LogP contribution is 2.26. The first-order valence-electron chi connectivity index (χ1n) is 7.93. The number of nitrogens with zero attached hydrogens (tertiary/aromatic N) is 2. The minimum absolute atomic E-state index is 0.129. The highest BCUT2D eigenvalue weighted by Gasteiger charge is 2.18. The van der Waals surface area contributed by atoms with E-state index in [0.717, 1.165) is 15.6 Å². The number of nitrogens with one attached hydrogen (secondary N) is 1. The van der Waals surface area contributed by atoms with Crippen molar-refractivity contribution >= 4 is 38.1 Å². The van der Waals surface area contributed by atoms with Gasteiger partial charge in [0.05, 0.1) is 10.6 Å². The fraction of sp³-hybridized carbons (Fsp3) is 0.111. The summed E-state index contributed by atoms with van der Waals surface area (Å²) in [6, 6.07) is 13.1. The van der Waals surface area contributed by atoms with Crippen LogP contribution >= 0.6 is 11.3 Å². The van der Waals surface area contributed by atoms with Gasteiger partial charge in [0.15, 0.2) is 5.13 Å². The van der Waals surface area contributed by atoms with Gasteiger partial charge < -0.3 is 5.73 Å². The van der Waals surface area contributed by atoms with Gasteiger partial charge in [-0.05, 0) is 36.4 Å². The minimum Gasteiger partial charge on any atom is -0.399 e. The molecule has 0 aliphatic heterocycles. The van der Waals surface area contributed by atoms with Crippen LogP contribution < -0.4 is 11.1 Å². The van der Waals surface area contributed by atoms with E-state index in [4.69, 9.17) is 5.73 Å². The van der Waals surface area contributed by atoms with E-state index in [1.54, 1.807) is 12.1 Å². The van der Waals surface area contributed by atoms with Crippen LogP contribution in [0.2, 0.25) is 0 Å². The molecule has 0 atom stereocenters. The summed E-state index contributed by atoms with van der Waals surface area (Å²) < 4.78 is 25.3. The number of aromatic nitrogens is 1. The molecule has 0 bridgehead atoms. The monoisotopic (exact) mass is 402 g/mol. The molecule has 0 fully saturated rings. The predicted molar refractivity (Wildman–Crippen MR) is 107 cm³/mol. The van der Waals surface area contributed by atoms with Crippen molar-refractivity contribution in [3.05, 3.63) is 59.5 Å². The molecule has 0 aliphatic rings. The second-order valence-electron chi connectivity index (χ2n) is 5.93. The molecule has 7 nitrogen and oxygen atoms in total. The Hall–Kier alpha value is -2.75. The summed E-state index contributed by atoms with van der Waals surface area (Å²) in [7, 11) is -0.615. The van der Waals surface area contributed by atoms with Crippen molar-refractivity contribution in [2.24, 2.45) is 0 Å². The molecule has 140 valence electrons. The van der Waals surface area contributed by atoms with Gasteiger partial charge in [-0.2, -0.15) is 0 Å². The van der Waals surface area contributed by atoms with Gasteiger partial charge in [0.25, 0.3) is 5.91 Å². The fourth-order valence-electron chi connectivity index (χ4n) is 2.28. The summed E-state index contributed by atoms with van der Waals surface area (Å²) in [6.07, 6.45) is 0. The van der Waals surface area contributed by atoms with Gasteiger partial charge in [-0.25, -0.2) is 17.7 Å². The number of hydrogen-bond donors (Lipinski definition) is 2. The fourth-order valence-corrected chi connectivity index (χ4v) is 3.89. The number of carbonyl (C=O) groups is 1. The highest BCUT2D eigenvalue weighted by molar-refractivity contribution is 7.89. The molecule has 0 saturated heterocycles. The Bertz CT molecular complexity index is 1060. The standard InChI is InChI=1S/C18H18N4O3S2/c1-22(2)27(24,25)15-9-5-13(6-10-15)17(23)21-18-20-16(11-26-18)12-3-7-14(19)8-4-12/h3-11H,19H2,1-2H3,(H,20,21,23). The van der Waals surface area contributed by atoms with Crippen LogP contribution in [0.5, 0.6) is 0 Å². The van der Waals surface area contributed by atoms with E-state index in [1.807, 2.05) is 17.5 Å². The lowest BCUT2D eigenvalue weighted by Crippen LogP contribution is -2.22. The van der Waals surface area contributed by atoms with Crippen LogP contribution in [0.3, 0.4) is 0 Å². The summed E-state index contributed by atoms with van der Waals surface area (Å²) in [6.45, 7) is 0. The van der Waals surface area contributed by atoms with E-state index in [2.05, 4.69) is 10.3 Å². The van der Waals surface area contributed by atoms with Gasteiger partial charge in [-0.15, -0.1) is 11.3 Å². The van der Waals surface area contributed by atoms with Crippen molar-refractivity contribution in [3.63, 3.8) is 0 Å². The van der Waals surface area contributed by atoms with E-state index < -0.39 is 10.0 Å². The zero-order chi connectivity index (χ0) is 19.6. The van der Waals surface area contributed by atoms with Gasteiger partial charge in [0.2, 0.25) is 10.0 Å². The average Bonchev–Trinajstić information content (AvgIpc) is 3.10. The number of hydrogen-bond acceptors (Lipinski definition) is 6. The topological polar surface area (TPSA) is 105 Å². The van der Waals surface area contributed by atoms with Crippen LogP contribution in [0.4, 0.5) is 10.8 Å². The molecule has 9 heteroatoms. The normalized spacial score (nSPS) is 11.5. The summed E-state index contributed by atoms with van der Waals surface area (Å²) in [5.41, 5.74) is 8.33. The second kappa shape index (κ2) is 7.47. The zero-order valence-corrected chi connectivity index (χ0v) is 16.3. The largest absolute Gasteiger partial charge is 0.399 e. The average molecular weight is 403 g/mol. The summed E-state index contributed by atoms with van der Waals surface area (Å²) >= 11 is 1.31. The van der Waals surface area contributed by atoms with E-state index in [0.29, 0.717) is 16.4 Å². The van der Waals surface area contributed by atoms with E-state index in [1.165, 1.54) is 49.7 Å². The maximum absolute atomic E-state index is 12.4. The third-order valence-corrected chi connectivity index (χ3v) is 6.41. The minimum atomic E-state index is -3.53. The molecule has 0 saturated carbocycles. The van der Waals surface area contributed by atoms with Gasteiger partial charge >= 0.3 is 0 Å². The summed E-state index contributed by atoms with van der Waals surface area (Å²) in [4.78, 5) is 16.9. The van der Waals surface area contributed by atoms with Crippen LogP contribution in [0.15, 0.2) is 58.8 Å². The van der Waals surface area contributed by atoms with Crippen LogP contribution in [0, 0.1) is 0 Å². The Balaban J connectivity index is 1.73. The molecule has 27 heavy (non-hydrogen) atoms. The first-order valence-corrected chi connectivity index (χ1v) is 10.2. The first kappa shape index (κ1) is 19.0. The molecular weight excluding hydrogens is 384 g/mol. The third kappa shape index (κ3) is 4.16. The molecule has 0 unspecified atom stereocenters. The molecule has 1 heterocycles. The van der Waals surface area contributed by atoms with E-state index >= 15 is 0 Å². The molecule has 0 radical (unpaired) electrons. The number of amides is 1.